The maximum absolute atomic E-state index is 13.6. The number of pyridine rings is 1. The first kappa shape index (κ1) is 19.1. The van der Waals surface area contributed by atoms with Gasteiger partial charge in [-0.25, -0.2) is 4.98 Å². The molecule has 0 radical (unpaired) electrons. The van der Waals surface area contributed by atoms with Crippen molar-refractivity contribution in [1.29, 1.82) is 5.26 Å². The first-order valence-electron chi connectivity index (χ1n) is 8.35. The van der Waals surface area contributed by atoms with Crippen LogP contribution >= 0.6 is 41.1 Å². The molecule has 5 unspecified atom stereocenters. The lowest BCUT2D eigenvalue weighted by molar-refractivity contribution is 0.136. The monoisotopic (exact) mass is 511 g/mol. The number of hydrogen-bond acceptors (Lipinski definition) is 3. The van der Waals surface area contributed by atoms with Crippen molar-refractivity contribution in [2.75, 3.05) is 0 Å². The fraction of sp³-hybridized carbons (Fsp3) is 0.263. The fourth-order valence-corrected chi connectivity index (χ4v) is 4.02. The molecular weight excluding hydrogens is 494 g/mol. The minimum atomic E-state index is -1.83. The summed E-state index contributed by atoms with van der Waals surface area (Å²) in [5, 5.41) is 9.55. The summed E-state index contributed by atoms with van der Waals surface area (Å²) < 4.78 is 19.0. The van der Waals surface area contributed by atoms with Crippen LogP contribution in [0.2, 0.25) is 0 Å². The minimum Gasteiger partial charge on any atom is -0.447 e. The maximum atomic E-state index is 13.6. The molecule has 2 aromatic heterocycles. The van der Waals surface area contributed by atoms with E-state index in [2.05, 4.69) is 27.2 Å². The molecule has 5 atom stereocenters. The van der Waals surface area contributed by atoms with Crippen molar-refractivity contribution >= 4 is 46.6 Å². The maximum Gasteiger partial charge on any atom is 0.309 e. The zero-order chi connectivity index (χ0) is 19.4. The number of nitrogens with zero attached hydrogens (tertiary/aromatic N) is 3. The Bertz CT molecular complexity index is 1070. The van der Waals surface area contributed by atoms with Crippen molar-refractivity contribution < 1.29 is 9.13 Å². The SMILES string of the molecule is CC1(P)CC1c1nc(C#N)c2ccc(-c3ccc(OC(F)(P)I)cc3)cn12. The van der Waals surface area contributed by atoms with E-state index in [1.54, 1.807) is 34.7 Å². The summed E-state index contributed by atoms with van der Waals surface area (Å²) >= 11 is 1.57. The first-order chi connectivity index (χ1) is 12.7. The molecule has 4 nitrogen and oxygen atoms in total. The molecule has 0 spiro atoms. The highest BCUT2D eigenvalue weighted by Gasteiger charge is 2.49. The van der Waals surface area contributed by atoms with Crippen LogP contribution in [0.5, 0.6) is 5.75 Å². The number of alkyl halides is 2. The van der Waals surface area contributed by atoms with Crippen LogP contribution in [-0.4, -0.2) is 18.1 Å². The second kappa shape index (κ2) is 6.65. The lowest BCUT2D eigenvalue weighted by Crippen LogP contribution is -2.11. The summed E-state index contributed by atoms with van der Waals surface area (Å²) in [6.45, 7) is 2.18. The molecule has 1 fully saturated rings. The Morgan fingerprint density at radius 1 is 1.33 bits per heavy atom. The van der Waals surface area contributed by atoms with Crippen molar-refractivity contribution in [2.45, 2.75) is 28.0 Å². The zero-order valence-electron chi connectivity index (χ0n) is 14.5. The highest BCUT2D eigenvalue weighted by molar-refractivity contribution is 14.1. The summed E-state index contributed by atoms with van der Waals surface area (Å²) in [4.78, 5) is 4.58. The van der Waals surface area contributed by atoms with E-state index in [9.17, 15) is 9.65 Å². The highest BCUT2D eigenvalue weighted by atomic mass is 127. The summed E-state index contributed by atoms with van der Waals surface area (Å²) in [5.41, 5.74) is 3.25. The van der Waals surface area contributed by atoms with E-state index in [1.807, 2.05) is 44.1 Å². The molecule has 8 heteroatoms. The molecule has 3 aromatic rings. The van der Waals surface area contributed by atoms with Crippen LogP contribution in [0.1, 0.15) is 30.8 Å². The third kappa shape index (κ3) is 3.83. The van der Waals surface area contributed by atoms with Gasteiger partial charge in [0.1, 0.15) is 17.6 Å². The Morgan fingerprint density at radius 2 is 1.96 bits per heavy atom. The molecule has 1 aromatic carbocycles. The molecule has 1 aliphatic carbocycles. The summed E-state index contributed by atoms with van der Waals surface area (Å²) in [6, 6.07) is 13.4. The molecular formula is C19H17FIN3OP2. The van der Waals surface area contributed by atoms with Crippen LogP contribution in [-0.2, 0) is 0 Å². The Balaban J connectivity index is 1.73. The second-order valence-electron chi connectivity index (χ2n) is 7.05. The van der Waals surface area contributed by atoms with Gasteiger partial charge in [-0.3, -0.25) is 0 Å². The van der Waals surface area contributed by atoms with Gasteiger partial charge in [0.05, 0.1) is 5.52 Å². The number of fused-ring (bicyclic) bond motifs is 1. The Hall–Kier alpha value is -1.28. The standard InChI is InChI=1S/C19H17FIN3OP2/c1-18(26)8-14(18)17-23-15(9-22)16-7-4-12(10-24(16)17)11-2-5-13(6-3-11)25-19(20,21)27/h2-7,10,14H,8,26-27H2,1H3. The summed E-state index contributed by atoms with van der Waals surface area (Å²) in [7, 11) is 4.89. The molecule has 0 bridgehead atoms. The normalized spacial score (nSPS) is 23.6. The van der Waals surface area contributed by atoms with E-state index in [0.29, 0.717) is 17.4 Å². The van der Waals surface area contributed by atoms with Gasteiger partial charge in [-0.15, -0.1) is 9.24 Å². The van der Waals surface area contributed by atoms with Gasteiger partial charge in [0.15, 0.2) is 5.69 Å². The molecule has 138 valence electrons. The number of hydrogen-bond donors (Lipinski definition) is 0. The predicted molar refractivity (Wildman–Crippen MR) is 119 cm³/mol. The highest BCUT2D eigenvalue weighted by Crippen LogP contribution is 2.57. The third-order valence-electron chi connectivity index (χ3n) is 4.80. The summed E-state index contributed by atoms with van der Waals surface area (Å²) in [6.07, 6.45) is 3.05. The molecule has 2 heterocycles. The van der Waals surface area contributed by atoms with Gasteiger partial charge in [-0.2, -0.15) is 9.65 Å². The topological polar surface area (TPSA) is 50.3 Å². The van der Waals surface area contributed by atoms with Crippen LogP contribution in [0.4, 0.5) is 4.39 Å². The van der Waals surface area contributed by atoms with Crippen LogP contribution in [0.25, 0.3) is 16.6 Å². The average molecular weight is 511 g/mol. The molecule has 27 heavy (non-hydrogen) atoms. The minimum absolute atomic E-state index is 0.138. The van der Waals surface area contributed by atoms with Gasteiger partial charge in [-0.05, 0) is 50.1 Å². The van der Waals surface area contributed by atoms with E-state index in [4.69, 9.17) is 4.74 Å². The number of ether oxygens (including phenoxy) is 1. The molecule has 4 rings (SSSR count). The Labute approximate surface area is 175 Å². The molecule has 0 aliphatic heterocycles. The lowest BCUT2D eigenvalue weighted by Gasteiger charge is -2.15. The quantitative estimate of drug-likeness (QED) is 0.273. The van der Waals surface area contributed by atoms with Gasteiger partial charge >= 0.3 is 3.60 Å². The van der Waals surface area contributed by atoms with Crippen molar-refractivity contribution in [2.24, 2.45) is 0 Å². The lowest BCUT2D eigenvalue weighted by atomic mass is 10.1. The number of imidazole rings is 1. The van der Waals surface area contributed by atoms with Gasteiger partial charge in [-0.1, -0.05) is 25.1 Å². The summed E-state index contributed by atoms with van der Waals surface area (Å²) in [5.74, 6) is 1.71. The molecule has 1 aliphatic rings. The smallest absolute Gasteiger partial charge is 0.309 e. The van der Waals surface area contributed by atoms with E-state index in [-0.39, 0.29) is 5.16 Å². The van der Waals surface area contributed by atoms with E-state index in [1.165, 1.54) is 0 Å². The van der Waals surface area contributed by atoms with Gasteiger partial charge in [0.2, 0.25) is 0 Å². The van der Waals surface area contributed by atoms with Crippen molar-refractivity contribution in [3.8, 4) is 22.9 Å². The van der Waals surface area contributed by atoms with Crippen LogP contribution < -0.4 is 4.74 Å². The van der Waals surface area contributed by atoms with Crippen LogP contribution in [0.3, 0.4) is 0 Å². The average Bonchev–Trinajstić information content (AvgIpc) is 3.08. The number of benzene rings is 1. The van der Waals surface area contributed by atoms with E-state index < -0.39 is 3.60 Å². The fourth-order valence-electron chi connectivity index (χ4n) is 3.25. The van der Waals surface area contributed by atoms with E-state index in [0.717, 1.165) is 28.9 Å². The number of rotatable bonds is 4. The third-order valence-corrected chi connectivity index (χ3v) is 5.78. The van der Waals surface area contributed by atoms with Crippen LogP contribution in [0, 0.1) is 11.3 Å². The predicted octanol–water partition coefficient (Wildman–Crippen LogP) is 5.26. The van der Waals surface area contributed by atoms with Crippen molar-refractivity contribution in [1.82, 2.24) is 9.38 Å². The van der Waals surface area contributed by atoms with E-state index >= 15 is 0 Å². The Kier molecular flexibility index (Phi) is 4.70. The molecule has 0 amide bonds. The first-order valence-corrected chi connectivity index (χ1v) is 10.6. The molecule has 0 saturated heterocycles. The van der Waals surface area contributed by atoms with Gasteiger partial charge in [0, 0.05) is 34.7 Å². The Morgan fingerprint density at radius 3 is 2.52 bits per heavy atom. The number of halogens is 2. The second-order valence-corrected chi connectivity index (χ2v) is 11.8. The molecule has 0 N–H and O–H groups in total. The largest absolute Gasteiger partial charge is 0.447 e. The van der Waals surface area contributed by atoms with Crippen molar-refractivity contribution in [3.05, 3.63) is 54.1 Å². The van der Waals surface area contributed by atoms with Crippen molar-refractivity contribution in [3.63, 3.8) is 0 Å². The molecule has 1 saturated carbocycles. The van der Waals surface area contributed by atoms with Gasteiger partial charge in [0.25, 0.3) is 0 Å². The zero-order valence-corrected chi connectivity index (χ0v) is 19.0. The van der Waals surface area contributed by atoms with Crippen LogP contribution in [0.15, 0.2) is 42.6 Å². The number of aromatic nitrogens is 2. The number of nitriles is 1. The van der Waals surface area contributed by atoms with Gasteiger partial charge < -0.3 is 9.14 Å².